The molecule has 1 aromatic heterocycles. The van der Waals surface area contributed by atoms with Gasteiger partial charge in [0, 0.05) is 0 Å². The molecule has 0 spiro atoms. The molecule has 0 unspecified atom stereocenters. The van der Waals surface area contributed by atoms with E-state index in [1.165, 1.54) is 0 Å². The van der Waals surface area contributed by atoms with Gasteiger partial charge >= 0.3 is 84.8 Å². The van der Waals surface area contributed by atoms with Crippen LogP contribution >= 0.6 is 11.3 Å². The maximum absolute atomic E-state index is 11.2. The fourth-order valence-electron chi connectivity index (χ4n) is 0.936. The summed E-state index contributed by atoms with van der Waals surface area (Å²) in [5.41, 5.74) is 0.437. The number of rotatable bonds is 1. The molecule has 1 aliphatic heterocycles. The molecule has 13 heavy (non-hydrogen) atoms. The third kappa shape index (κ3) is 1.88. The van der Waals surface area contributed by atoms with Crippen LogP contribution in [0.25, 0.3) is 6.08 Å². The minimum atomic E-state index is -0.552. The summed E-state index contributed by atoms with van der Waals surface area (Å²) >= 11 is 0.988. The molecule has 0 aliphatic carbocycles. The number of carbonyl (C=O) groups excluding carboxylic acids is 2. The monoisotopic (exact) mass is 259 g/mol. The first-order chi connectivity index (χ1) is 6.25. The second-order valence-electron chi connectivity index (χ2n) is 2.38. The molecule has 0 bridgehead atoms. The Morgan fingerprint density at radius 2 is 2.31 bits per heavy atom. The summed E-state index contributed by atoms with van der Waals surface area (Å²) in [5, 5.41) is 4.48. The Hall–Kier alpha value is -0.901. The summed E-state index contributed by atoms with van der Waals surface area (Å²) in [4.78, 5) is 22.9. The Morgan fingerprint density at radius 3 is 2.85 bits per heavy atom. The van der Waals surface area contributed by atoms with Gasteiger partial charge in [-0.2, -0.15) is 0 Å². The average Bonchev–Trinajstić information content (AvgIpc) is 2.63. The van der Waals surface area contributed by atoms with Crippen LogP contribution in [0.1, 0.15) is 4.88 Å². The van der Waals surface area contributed by atoms with E-state index in [2.05, 4.69) is 5.32 Å². The number of carbonyl (C=O) groups is 2. The van der Waals surface area contributed by atoms with E-state index in [-0.39, 0.29) is 9.49 Å². The second-order valence-corrected chi connectivity index (χ2v) is 5.34. The Morgan fingerprint density at radius 1 is 1.46 bits per heavy atom. The van der Waals surface area contributed by atoms with E-state index in [9.17, 15) is 9.59 Å². The molecule has 1 fully saturated rings. The standard InChI is InChI=1S/C8H5NO2SSe/c10-7-6(9-8(11)13-7)4-5-2-1-3-12-5/h1-4H,(H,9,11)/b6-4-. The van der Waals surface area contributed by atoms with Crippen molar-refractivity contribution < 1.29 is 9.59 Å². The molecule has 1 saturated heterocycles. The molecule has 0 saturated carbocycles. The van der Waals surface area contributed by atoms with Gasteiger partial charge in [0.15, 0.2) is 0 Å². The molecule has 0 aromatic carbocycles. The third-order valence-electron chi connectivity index (χ3n) is 1.47. The van der Waals surface area contributed by atoms with Crippen molar-refractivity contribution in [2.45, 2.75) is 0 Å². The SMILES string of the molecule is O=C1N/C(=C\c2cccs2)C(=O)[Se]1. The van der Waals surface area contributed by atoms with E-state index in [4.69, 9.17) is 0 Å². The Labute approximate surface area is 85.0 Å². The predicted octanol–water partition coefficient (Wildman–Crippen LogP) is 1.04. The molecule has 0 atom stereocenters. The van der Waals surface area contributed by atoms with Crippen LogP contribution in [0.4, 0.5) is 4.79 Å². The van der Waals surface area contributed by atoms with E-state index in [1.807, 2.05) is 17.5 Å². The van der Waals surface area contributed by atoms with Crippen molar-refractivity contribution in [3.63, 3.8) is 0 Å². The van der Waals surface area contributed by atoms with Gasteiger partial charge in [-0.25, -0.2) is 0 Å². The first-order valence-corrected chi connectivity index (χ1v) is 6.13. The predicted molar refractivity (Wildman–Crippen MR) is 51.6 cm³/mol. The van der Waals surface area contributed by atoms with E-state index in [0.717, 1.165) is 4.88 Å². The summed E-state index contributed by atoms with van der Waals surface area (Å²) in [7, 11) is 0. The van der Waals surface area contributed by atoms with Crippen molar-refractivity contribution in [3.8, 4) is 0 Å². The molecule has 1 amide bonds. The number of hydrogen-bond donors (Lipinski definition) is 1. The Bertz CT molecular complexity index is 383. The molecule has 1 aromatic rings. The van der Waals surface area contributed by atoms with Crippen molar-refractivity contribution >= 4 is 41.9 Å². The average molecular weight is 258 g/mol. The van der Waals surface area contributed by atoms with Gasteiger partial charge < -0.3 is 0 Å². The topological polar surface area (TPSA) is 46.2 Å². The molecule has 1 aliphatic rings. The van der Waals surface area contributed by atoms with Gasteiger partial charge in [-0.05, 0) is 0 Å². The van der Waals surface area contributed by atoms with E-state index in [1.54, 1.807) is 17.4 Å². The number of hydrogen-bond acceptors (Lipinski definition) is 3. The Balaban J connectivity index is 2.27. The summed E-state index contributed by atoms with van der Waals surface area (Å²) in [6.07, 6.45) is 1.72. The second kappa shape index (κ2) is 3.46. The maximum atomic E-state index is 11.2. The van der Waals surface area contributed by atoms with E-state index in [0.29, 0.717) is 5.70 Å². The van der Waals surface area contributed by atoms with Crippen LogP contribution in [0.5, 0.6) is 0 Å². The van der Waals surface area contributed by atoms with Gasteiger partial charge in [0.05, 0.1) is 0 Å². The summed E-state index contributed by atoms with van der Waals surface area (Å²) in [6.45, 7) is 0. The minimum absolute atomic E-state index is 0.0640. The third-order valence-corrected chi connectivity index (χ3v) is 3.74. The van der Waals surface area contributed by atoms with Crippen molar-refractivity contribution in [3.05, 3.63) is 28.1 Å². The van der Waals surface area contributed by atoms with Crippen LogP contribution in [-0.4, -0.2) is 24.4 Å². The van der Waals surface area contributed by atoms with E-state index >= 15 is 0 Å². The van der Waals surface area contributed by atoms with Gasteiger partial charge in [0.2, 0.25) is 0 Å². The molecule has 5 heteroatoms. The van der Waals surface area contributed by atoms with Gasteiger partial charge in [-0.3, -0.25) is 0 Å². The first-order valence-electron chi connectivity index (χ1n) is 3.54. The van der Waals surface area contributed by atoms with Crippen molar-refractivity contribution in [1.82, 2.24) is 5.32 Å². The molecule has 0 radical (unpaired) electrons. The zero-order chi connectivity index (χ0) is 9.26. The van der Waals surface area contributed by atoms with Crippen LogP contribution in [0, 0.1) is 0 Å². The number of amides is 1. The molecular weight excluding hydrogens is 253 g/mol. The molecule has 66 valence electrons. The summed E-state index contributed by atoms with van der Waals surface area (Å²) in [5.74, 6) is 0. The molecule has 1 N–H and O–H groups in total. The van der Waals surface area contributed by atoms with Gasteiger partial charge in [-0.15, -0.1) is 0 Å². The number of nitrogens with one attached hydrogen (secondary N) is 1. The summed E-state index contributed by atoms with van der Waals surface area (Å²) < 4.78 is -0.0640. The van der Waals surface area contributed by atoms with Crippen LogP contribution < -0.4 is 5.32 Å². The number of thiophene rings is 1. The summed E-state index contributed by atoms with van der Waals surface area (Å²) in [6, 6.07) is 3.81. The quantitative estimate of drug-likeness (QED) is 0.604. The molecule has 2 rings (SSSR count). The molecule has 2 heterocycles. The normalized spacial score (nSPS) is 19.5. The van der Waals surface area contributed by atoms with Gasteiger partial charge in [-0.1, -0.05) is 0 Å². The fraction of sp³-hybridized carbons (Fsp3) is 0. The number of allylic oxidation sites excluding steroid dienone is 1. The van der Waals surface area contributed by atoms with Crippen molar-refractivity contribution in [2.24, 2.45) is 0 Å². The Kier molecular flexibility index (Phi) is 2.31. The van der Waals surface area contributed by atoms with Crippen LogP contribution in [-0.2, 0) is 4.79 Å². The van der Waals surface area contributed by atoms with Gasteiger partial charge in [0.1, 0.15) is 0 Å². The van der Waals surface area contributed by atoms with Crippen LogP contribution in [0.15, 0.2) is 23.2 Å². The first kappa shape index (κ1) is 8.69. The van der Waals surface area contributed by atoms with E-state index < -0.39 is 15.0 Å². The zero-order valence-corrected chi connectivity index (χ0v) is 8.97. The van der Waals surface area contributed by atoms with Crippen LogP contribution in [0.2, 0.25) is 0 Å². The van der Waals surface area contributed by atoms with Crippen LogP contribution in [0.3, 0.4) is 0 Å². The fourth-order valence-corrected chi connectivity index (χ4v) is 2.75. The molecular formula is C8H5NO2SSe. The van der Waals surface area contributed by atoms with Crippen molar-refractivity contribution in [1.29, 1.82) is 0 Å². The van der Waals surface area contributed by atoms with Crippen molar-refractivity contribution in [2.75, 3.05) is 0 Å². The molecule has 3 nitrogen and oxygen atoms in total. The zero-order valence-electron chi connectivity index (χ0n) is 6.44. The van der Waals surface area contributed by atoms with Gasteiger partial charge in [0.25, 0.3) is 0 Å².